The van der Waals surface area contributed by atoms with E-state index in [0.29, 0.717) is 13.0 Å². The molecule has 0 saturated carbocycles. The van der Waals surface area contributed by atoms with Crippen molar-refractivity contribution in [2.45, 2.75) is 19.5 Å². The predicted molar refractivity (Wildman–Crippen MR) is 91.9 cm³/mol. The second-order valence-electron chi connectivity index (χ2n) is 5.78. The van der Waals surface area contributed by atoms with E-state index in [4.69, 9.17) is 4.74 Å². The quantitative estimate of drug-likeness (QED) is 0.740. The van der Waals surface area contributed by atoms with Crippen LogP contribution in [0.1, 0.15) is 10.6 Å². The van der Waals surface area contributed by atoms with Gasteiger partial charge >= 0.3 is 0 Å². The number of hydrogen-bond donors (Lipinski definition) is 0. The number of carbonyl (C=O) groups is 1. The van der Waals surface area contributed by atoms with Gasteiger partial charge in [-0.2, -0.15) is 0 Å². The van der Waals surface area contributed by atoms with Gasteiger partial charge in [0.1, 0.15) is 5.75 Å². The van der Waals surface area contributed by atoms with Gasteiger partial charge in [0.05, 0.1) is 20.1 Å². The highest BCUT2D eigenvalue weighted by Crippen LogP contribution is 2.27. The van der Waals surface area contributed by atoms with Gasteiger partial charge in [-0.15, -0.1) is 11.3 Å². The molecule has 3 heterocycles. The lowest BCUT2D eigenvalue weighted by Gasteiger charge is -2.29. The third-order valence-corrected chi connectivity index (χ3v) is 5.28. The highest BCUT2D eigenvalue weighted by Gasteiger charge is 2.22. The molecule has 1 aromatic carbocycles. The minimum atomic E-state index is 0.210. The molecule has 4 nitrogen and oxygen atoms in total. The number of hydrogen-bond acceptors (Lipinski definition) is 3. The van der Waals surface area contributed by atoms with E-state index >= 15 is 0 Å². The van der Waals surface area contributed by atoms with Gasteiger partial charge in [-0.25, -0.2) is 0 Å². The van der Waals surface area contributed by atoms with Crippen molar-refractivity contribution in [3.8, 4) is 5.75 Å². The minimum Gasteiger partial charge on any atom is -0.497 e. The summed E-state index contributed by atoms with van der Waals surface area (Å²) in [5, 5.41) is 3.19. The lowest BCUT2D eigenvalue weighted by Crippen LogP contribution is -2.38. The Morgan fingerprint density at radius 1 is 1.26 bits per heavy atom. The molecule has 4 rings (SSSR count). The van der Waals surface area contributed by atoms with E-state index in [0.717, 1.165) is 23.7 Å². The minimum absolute atomic E-state index is 0.210. The number of nitrogens with zero attached hydrogens (tertiary/aromatic N) is 2. The zero-order valence-electron chi connectivity index (χ0n) is 13.0. The maximum atomic E-state index is 12.5. The molecule has 0 spiro atoms. The van der Waals surface area contributed by atoms with E-state index in [9.17, 15) is 4.79 Å². The van der Waals surface area contributed by atoms with Crippen LogP contribution in [0.3, 0.4) is 0 Å². The summed E-state index contributed by atoms with van der Waals surface area (Å²) >= 11 is 1.64. The van der Waals surface area contributed by atoms with Gasteiger partial charge in [-0.3, -0.25) is 4.79 Å². The Bertz CT molecular complexity index is 851. The third-order valence-electron chi connectivity index (χ3n) is 4.40. The van der Waals surface area contributed by atoms with Crippen molar-refractivity contribution in [2.75, 3.05) is 13.7 Å². The molecule has 1 amide bonds. The maximum Gasteiger partial charge on any atom is 0.228 e. The summed E-state index contributed by atoms with van der Waals surface area (Å²) in [6.45, 7) is 2.30. The van der Waals surface area contributed by atoms with Gasteiger partial charge in [-0.1, -0.05) is 6.07 Å². The summed E-state index contributed by atoms with van der Waals surface area (Å²) in [4.78, 5) is 15.6. The fraction of sp³-hybridized carbons (Fsp3) is 0.278. The predicted octanol–water partition coefficient (Wildman–Crippen LogP) is 3.30. The van der Waals surface area contributed by atoms with Crippen molar-refractivity contribution in [3.05, 3.63) is 52.3 Å². The van der Waals surface area contributed by atoms with Gasteiger partial charge < -0.3 is 14.2 Å². The van der Waals surface area contributed by atoms with Crippen LogP contribution in [0.2, 0.25) is 0 Å². The molecule has 3 aromatic rings. The SMILES string of the molecule is COc1ccc2c(c1)cc1n2CCN(C(=O)Cc2cccs2)C1. The Kier molecular flexibility index (Phi) is 3.58. The monoisotopic (exact) mass is 326 g/mol. The molecule has 5 heteroatoms. The Hall–Kier alpha value is -2.27. The molecule has 0 aliphatic carbocycles. The largest absolute Gasteiger partial charge is 0.497 e. The first-order valence-corrected chi connectivity index (χ1v) is 8.59. The molecule has 0 saturated heterocycles. The van der Waals surface area contributed by atoms with Crippen LogP contribution in [-0.4, -0.2) is 29.0 Å². The molecule has 0 fully saturated rings. The number of fused-ring (bicyclic) bond motifs is 3. The highest BCUT2D eigenvalue weighted by atomic mass is 32.1. The molecule has 118 valence electrons. The van der Waals surface area contributed by atoms with Crippen LogP contribution in [0.25, 0.3) is 10.9 Å². The van der Waals surface area contributed by atoms with Crippen LogP contribution in [0.5, 0.6) is 5.75 Å². The summed E-state index contributed by atoms with van der Waals surface area (Å²) in [5.74, 6) is 1.08. The summed E-state index contributed by atoms with van der Waals surface area (Å²) in [6.07, 6.45) is 0.506. The molecule has 0 bridgehead atoms. The summed E-state index contributed by atoms with van der Waals surface area (Å²) < 4.78 is 7.61. The standard InChI is InChI=1S/C18H18N2O2S/c1-22-15-4-5-17-13(10-15)9-14-12-19(6-7-20(14)17)18(21)11-16-3-2-8-23-16/h2-5,8-10H,6-7,11-12H2,1H3. The van der Waals surface area contributed by atoms with Gasteiger partial charge in [0.25, 0.3) is 0 Å². The Morgan fingerprint density at radius 2 is 2.17 bits per heavy atom. The van der Waals surface area contributed by atoms with E-state index < -0.39 is 0 Å². The van der Waals surface area contributed by atoms with E-state index in [1.54, 1.807) is 18.4 Å². The fourth-order valence-electron chi connectivity index (χ4n) is 3.21. The Balaban J connectivity index is 1.58. The van der Waals surface area contributed by atoms with Crippen molar-refractivity contribution in [3.63, 3.8) is 0 Å². The zero-order valence-corrected chi connectivity index (χ0v) is 13.8. The van der Waals surface area contributed by atoms with Crippen LogP contribution >= 0.6 is 11.3 Å². The van der Waals surface area contributed by atoms with E-state index in [1.165, 1.54) is 16.6 Å². The topological polar surface area (TPSA) is 34.5 Å². The second-order valence-corrected chi connectivity index (χ2v) is 6.82. The molecule has 23 heavy (non-hydrogen) atoms. The number of rotatable bonds is 3. The van der Waals surface area contributed by atoms with Crippen molar-refractivity contribution in [1.82, 2.24) is 9.47 Å². The molecular weight excluding hydrogens is 308 g/mol. The van der Waals surface area contributed by atoms with E-state index in [1.807, 2.05) is 28.5 Å². The molecule has 1 aliphatic heterocycles. The smallest absolute Gasteiger partial charge is 0.228 e. The lowest BCUT2D eigenvalue weighted by atomic mass is 10.2. The molecule has 0 radical (unpaired) electrons. The second kappa shape index (κ2) is 5.74. The lowest BCUT2D eigenvalue weighted by molar-refractivity contribution is -0.131. The van der Waals surface area contributed by atoms with Crippen molar-refractivity contribution >= 4 is 28.1 Å². The van der Waals surface area contributed by atoms with E-state index in [2.05, 4.69) is 22.8 Å². The first-order valence-electron chi connectivity index (χ1n) is 7.71. The average molecular weight is 326 g/mol. The number of benzene rings is 1. The number of ether oxygens (including phenoxy) is 1. The molecule has 0 N–H and O–H groups in total. The Morgan fingerprint density at radius 3 is 2.96 bits per heavy atom. The first-order chi connectivity index (χ1) is 11.2. The van der Waals surface area contributed by atoms with Crippen LogP contribution in [-0.2, 0) is 24.3 Å². The van der Waals surface area contributed by atoms with Crippen LogP contribution in [0, 0.1) is 0 Å². The van der Waals surface area contributed by atoms with Gasteiger partial charge in [0, 0.05) is 34.6 Å². The highest BCUT2D eigenvalue weighted by molar-refractivity contribution is 7.10. The molecule has 0 unspecified atom stereocenters. The van der Waals surface area contributed by atoms with Gasteiger partial charge in [-0.05, 0) is 35.7 Å². The van der Waals surface area contributed by atoms with Crippen molar-refractivity contribution in [1.29, 1.82) is 0 Å². The summed E-state index contributed by atoms with van der Waals surface area (Å²) in [5.41, 5.74) is 2.41. The van der Waals surface area contributed by atoms with Gasteiger partial charge in [0.2, 0.25) is 5.91 Å². The molecular formula is C18H18N2O2S. The fourth-order valence-corrected chi connectivity index (χ4v) is 3.91. The first kappa shape index (κ1) is 14.3. The van der Waals surface area contributed by atoms with E-state index in [-0.39, 0.29) is 5.91 Å². The van der Waals surface area contributed by atoms with Crippen LogP contribution < -0.4 is 4.74 Å². The third kappa shape index (κ3) is 2.61. The molecule has 2 aromatic heterocycles. The summed E-state index contributed by atoms with van der Waals surface area (Å²) in [6, 6.07) is 12.3. The number of methoxy groups -OCH3 is 1. The normalized spacial score (nSPS) is 14.0. The number of thiophene rings is 1. The zero-order chi connectivity index (χ0) is 15.8. The number of aromatic nitrogens is 1. The molecule has 0 atom stereocenters. The van der Waals surface area contributed by atoms with Crippen LogP contribution in [0.4, 0.5) is 0 Å². The average Bonchev–Trinajstić information content (AvgIpc) is 3.20. The van der Waals surface area contributed by atoms with Gasteiger partial charge in [0.15, 0.2) is 0 Å². The maximum absolute atomic E-state index is 12.5. The molecule has 1 aliphatic rings. The van der Waals surface area contributed by atoms with Crippen molar-refractivity contribution in [2.24, 2.45) is 0 Å². The summed E-state index contributed by atoms with van der Waals surface area (Å²) in [7, 11) is 1.68. The van der Waals surface area contributed by atoms with Crippen LogP contribution in [0.15, 0.2) is 41.8 Å². The number of amides is 1. The Labute approximate surface area is 138 Å². The van der Waals surface area contributed by atoms with Crippen molar-refractivity contribution < 1.29 is 9.53 Å². The number of carbonyl (C=O) groups excluding carboxylic acids is 1.